The Labute approximate surface area is 187 Å². The van der Waals surface area contributed by atoms with Crippen molar-refractivity contribution >= 4 is 44.8 Å². The number of nitrogens with one attached hydrogen (secondary N) is 1. The zero-order valence-corrected chi connectivity index (χ0v) is 18.8. The van der Waals surface area contributed by atoms with Crippen molar-refractivity contribution < 1.29 is 31.1 Å². The molecule has 31 heavy (non-hydrogen) atoms. The lowest BCUT2D eigenvalue weighted by molar-refractivity contribution is -0.137. The molecule has 6 nitrogen and oxygen atoms in total. The highest BCUT2D eigenvalue weighted by molar-refractivity contribution is 7.89. The number of sulfonamides is 1. The van der Waals surface area contributed by atoms with Gasteiger partial charge in [0.1, 0.15) is 5.75 Å². The number of hydrogen-bond donors (Lipinski definition) is 1. The number of likely N-dealkylation sites (N-methyl/N-ethyl adjacent to an activating group) is 1. The maximum absolute atomic E-state index is 13.0. The van der Waals surface area contributed by atoms with E-state index in [9.17, 15) is 26.4 Å². The van der Waals surface area contributed by atoms with Crippen molar-refractivity contribution in [1.82, 2.24) is 4.31 Å². The van der Waals surface area contributed by atoms with Gasteiger partial charge in [0.05, 0.1) is 33.7 Å². The first kappa shape index (κ1) is 25.3. The quantitative estimate of drug-likeness (QED) is 0.551. The van der Waals surface area contributed by atoms with E-state index in [2.05, 4.69) is 5.32 Å². The topological polar surface area (TPSA) is 75.7 Å². The molecule has 1 amide bonds. The Kier molecular flexibility index (Phi) is 8.21. The second-order valence-electron chi connectivity index (χ2n) is 6.20. The maximum atomic E-state index is 13.0. The number of ether oxygens (including phenoxy) is 1. The van der Waals surface area contributed by atoms with Gasteiger partial charge in [-0.15, -0.1) is 0 Å². The molecule has 12 heteroatoms. The summed E-state index contributed by atoms with van der Waals surface area (Å²) in [6.07, 6.45) is -4.70. The highest BCUT2D eigenvalue weighted by Crippen LogP contribution is 2.36. The van der Waals surface area contributed by atoms with Gasteiger partial charge in [0.25, 0.3) is 0 Å². The number of hydrogen-bond acceptors (Lipinski definition) is 4. The molecule has 0 unspecified atom stereocenters. The highest BCUT2D eigenvalue weighted by atomic mass is 35.5. The molecule has 0 saturated carbocycles. The summed E-state index contributed by atoms with van der Waals surface area (Å²) in [5, 5.41) is 1.83. The van der Waals surface area contributed by atoms with Crippen molar-refractivity contribution in [1.29, 1.82) is 0 Å². The van der Waals surface area contributed by atoms with Crippen molar-refractivity contribution in [3.8, 4) is 5.75 Å². The van der Waals surface area contributed by atoms with Crippen LogP contribution in [-0.4, -0.2) is 38.3 Å². The van der Waals surface area contributed by atoms with Crippen molar-refractivity contribution in [3.63, 3.8) is 0 Å². The van der Waals surface area contributed by atoms with Gasteiger partial charge in [-0.2, -0.15) is 17.5 Å². The van der Waals surface area contributed by atoms with Gasteiger partial charge >= 0.3 is 6.18 Å². The summed E-state index contributed by atoms with van der Waals surface area (Å²) in [6, 6.07) is 6.76. The summed E-state index contributed by atoms with van der Waals surface area (Å²) in [5.41, 5.74) is -1.28. The fraction of sp³-hybridized carbons (Fsp3) is 0.316. The van der Waals surface area contributed by atoms with Gasteiger partial charge in [-0.3, -0.25) is 4.79 Å². The molecule has 0 saturated heterocycles. The van der Waals surface area contributed by atoms with Crippen LogP contribution in [0.5, 0.6) is 5.75 Å². The van der Waals surface area contributed by atoms with Crippen LogP contribution in [0.1, 0.15) is 19.4 Å². The number of carbonyl (C=O) groups is 1. The van der Waals surface area contributed by atoms with E-state index in [4.69, 9.17) is 27.9 Å². The molecule has 0 bridgehead atoms. The minimum absolute atomic E-state index is 0.0605. The normalized spacial score (nSPS) is 12.1. The van der Waals surface area contributed by atoms with E-state index in [1.165, 1.54) is 31.2 Å². The number of carbonyl (C=O) groups excluding carboxylic acids is 1. The summed E-state index contributed by atoms with van der Waals surface area (Å²) < 4.78 is 70.8. The van der Waals surface area contributed by atoms with Gasteiger partial charge in [0, 0.05) is 12.2 Å². The predicted octanol–water partition coefficient (Wildman–Crippen LogP) is 5.06. The molecule has 0 aliphatic rings. The fourth-order valence-electron chi connectivity index (χ4n) is 2.61. The van der Waals surface area contributed by atoms with Crippen LogP contribution < -0.4 is 10.1 Å². The van der Waals surface area contributed by atoms with Crippen molar-refractivity contribution in [3.05, 3.63) is 52.0 Å². The van der Waals surface area contributed by atoms with E-state index in [0.29, 0.717) is 18.4 Å². The summed E-state index contributed by atoms with van der Waals surface area (Å²) >= 11 is 11.6. The van der Waals surface area contributed by atoms with Gasteiger partial charge < -0.3 is 10.1 Å². The molecule has 0 atom stereocenters. The number of anilines is 1. The summed E-state index contributed by atoms with van der Waals surface area (Å²) in [6.45, 7) is 2.93. The number of rotatable bonds is 8. The van der Waals surface area contributed by atoms with Crippen LogP contribution in [0.4, 0.5) is 18.9 Å². The molecule has 0 aliphatic heterocycles. The highest BCUT2D eigenvalue weighted by Gasteiger charge is 2.33. The predicted molar refractivity (Wildman–Crippen MR) is 112 cm³/mol. The molecule has 0 radical (unpaired) electrons. The van der Waals surface area contributed by atoms with E-state index in [1.807, 2.05) is 0 Å². The largest absolute Gasteiger partial charge is 0.492 e. The molecule has 2 rings (SSSR count). The van der Waals surface area contributed by atoms with E-state index < -0.39 is 39.2 Å². The van der Waals surface area contributed by atoms with E-state index >= 15 is 0 Å². The average Bonchev–Trinajstić information content (AvgIpc) is 2.68. The summed E-state index contributed by atoms with van der Waals surface area (Å²) in [4.78, 5) is 12.2. The van der Waals surface area contributed by atoms with Crippen LogP contribution in [-0.2, 0) is 21.0 Å². The lowest BCUT2D eigenvalue weighted by Gasteiger charge is -2.21. The van der Waals surface area contributed by atoms with Gasteiger partial charge in [-0.05, 0) is 43.3 Å². The van der Waals surface area contributed by atoms with Crippen LogP contribution in [0.15, 0.2) is 41.3 Å². The second-order valence-corrected chi connectivity index (χ2v) is 8.95. The molecule has 0 fully saturated rings. The number of nitrogens with zero attached hydrogens (tertiary/aromatic N) is 1. The molecular formula is C19H19Cl2F3N2O4S. The van der Waals surface area contributed by atoms with Crippen LogP contribution in [0, 0.1) is 0 Å². The smallest absolute Gasteiger partial charge is 0.417 e. The molecule has 0 spiro atoms. The zero-order chi connectivity index (χ0) is 23.4. The number of halogens is 5. The van der Waals surface area contributed by atoms with Crippen LogP contribution >= 0.6 is 23.2 Å². The minimum atomic E-state index is -4.70. The Hall–Kier alpha value is -2.01. The van der Waals surface area contributed by atoms with E-state index in [0.717, 1.165) is 10.4 Å². The SMILES string of the molecule is CCOc1ccc(S(=O)(=O)N(CC)CC(=O)Nc2ccc(Cl)c(C(F)(F)F)c2)cc1Cl. The number of amides is 1. The van der Waals surface area contributed by atoms with E-state index in [1.54, 1.807) is 6.92 Å². The zero-order valence-electron chi connectivity index (χ0n) is 16.5. The molecular weight excluding hydrogens is 480 g/mol. The van der Waals surface area contributed by atoms with Crippen LogP contribution in [0.25, 0.3) is 0 Å². The molecule has 170 valence electrons. The molecule has 2 aromatic carbocycles. The third kappa shape index (κ3) is 6.25. The Bertz CT molecular complexity index is 1060. The van der Waals surface area contributed by atoms with Gasteiger partial charge in [0.2, 0.25) is 15.9 Å². The number of benzene rings is 2. The van der Waals surface area contributed by atoms with Crippen molar-refractivity contribution in [2.45, 2.75) is 24.9 Å². The lowest BCUT2D eigenvalue weighted by atomic mass is 10.2. The Morgan fingerprint density at radius 2 is 1.77 bits per heavy atom. The number of alkyl halides is 3. The minimum Gasteiger partial charge on any atom is -0.492 e. The second kappa shape index (κ2) is 10.1. The van der Waals surface area contributed by atoms with Crippen molar-refractivity contribution in [2.24, 2.45) is 0 Å². The Morgan fingerprint density at radius 1 is 1.10 bits per heavy atom. The van der Waals surface area contributed by atoms with Crippen molar-refractivity contribution in [2.75, 3.05) is 25.0 Å². The average molecular weight is 499 g/mol. The van der Waals surface area contributed by atoms with Gasteiger partial charge in [-0.25, -0.2) is 8.42 Å². The maximum Gasteiger partial charge on any atom is 0.417 e. The monoisotopic (exact) mass is 498 g/mol. The summed E-state index contributed by atoms with van der Waals surface area (Å²) in [7, 11) is -4.10. The standard InChI is InChI=1S/C19H19Cl2F3N2O4S/c1-3-26(31(28,29)13-6-8-17(30-4-2)16(21)10-13)11-18(27)25-12-5-7-15(20)14(9-12)19(22,23)24/h5-10H,3-4,11H2,1-2H3,(H,25,27). The van der Waals surface area contributed by atoms with Crippen LogP contribution in [0.2, 0.25) is 10.0 Å². The third-order valence-corrected chi connectivity index (χ3v) is 6.61. The fourth-order valence-corrected chi connectivity index (χ4v) is 4.57. The Balaban J connectivity index is 2.20. The van der Waals surface area contributed by atoms with E-state index in [-0.39, 0.29) is 22.2 Å². The first-order chi connectivity index (χ1) is 14.4. The molecule has 1 N–H and O–H groups in total. The molecule has 0 aliphatic carbocycles. The Morgan fingerprint density at radius 3 is 2.32 bits per heavy atom. The molecule has 0 heterocycles. The summed E-state index contributed by atoms with van der Waals surface area (Å²) in [5.74, 6) is -0.509. The van der Waals surface area contributed by atoms with Crippen LogP contribution in [0.3, 0.4) is 0 Å². The molecule has 2 aromatic rings. The molecule has 0 aromatic heterocycles. The van der Waals surface area contributed by atoms with Gasteiger partial charge in [0.15, 0.2) is 0 Å². The first-order valence-corrected chi connectivity index (χ1v) is 11.2. The lowest BCUT2D eigenvalue weighted by Crippen LogP contribution is -2.37. The van der Waals surface area contributed by atoms with Gasteiger partial charge in [-0.1, -0.05) is 30.1 Å². The first-order valence-electron chi connectivity index (χ1n) is 8.99. The third-order valence-electron chi connectivity index (χ3n) is 4.07.